The summed E-state index contributed by atoms with van der Waals surface area (Å²) in [7, 11) is -5.80. The van der Waals surface area contributed by atoms with E-state index in [-0.39, 0.29) is 6.71 Å². The Labute approximate surface area is 565 Å². The van der Waals surface area contributed by atoms with E-state index in [0.717, 1.165) is 51.2 Å². The number of fused-ring (bicyclic) bond motifs is 4. The third-order valence-corrected chi connectivity index (χ3v) is 29.5. The van der Waals surface area contributed by atoms with Crippen LogP contribution in [0.25, 0.3) is 22.3 Å². The highest BCUT2D eigenvalue weighted by Crippen LogP contribution is 2.49. The molecule has 0 atom stereocenters. The van der Waals surface area contributed by atoms with Gasteiger partial charge in [-0.15, -0.1) is 0 Å². The zero-order valence-corrected chi connectivity index (χ0v) is 55.0. The molecule has 0 saturated heterocycles. The molecule has 0 amide bonds. The molecule has 0 N–H and O–H groups in total. The Morgan fingerprint density at radius 3 is 0.760 bits per heavy atom. The van der Waals surface area contributed by atoms with E-state index in [4.69, 9.17) is 0 Å². The second-order valence-electron chi connectivity index (χ2n) is 25.1. The summed E-state index contributed by atoms with van der Waals surface area (Å²) in [4.78, 5) is 7.62. The van der Waals surface area contributed by atoms with Crippen LogP contribution in [0.2, 0.25) is 0 Å². The maximum absolute atomic E-state index is 2.90. The molecule has 3 nitrogen and oxygen atoms in total. The molecule has 0 aliphatic carbocycles. The first-order chi connectivity index (χ1) is 47.6. The predicted molar refractivity (Wildman–Crippen MR) is 413 cm³/mol. The summed E-state index contributed by atoms with van der Waals surface area (Å²) in [5.74, 6) is 0. The average Bonchev–Trinajstić information content (AvgIpc) is 0.697. The maximum atomic E-state index is 2.59. The second-order valence-corrected chi connectivity index (χ2v) is 32.7. The first kappa shape index (κ1) is 58.1. The molecule has 0 radical (unpaired) electrons. The Bertz CT molecular complexity index is 4680. The fourth-order valence-corrected chi connectivity index (χ4v) is 25.2. The van der Waals surface area contributed by atoms with Crippen molar-refractivity contribution in [1.82, 2.24) is 0 Å². The smallest absolute Gasteiger partial charge is 0.252 e. The molecule has 0 bridgehead atoms. The lowest BCUT2D eigenvalue weighted by atomic mass is 9.33. The van der Waals surface area contributed by atoms with Gasteiger partial charge in [-0.2, -0.15) is 0 Å². The summed E-state index contributed by atoms with van der Waals surface area (Å²) in [6.07, 6.45) is 0. The minimum absolute atomic E-state index is 0.182. The summed E-state index contributed by atoms with van der Waals surface area (Å²) in [6, 6.07) is 150. The van der Waals surface area contributed by atoms with Crippen LogP contribution in [0.15, 0.2) is 400 Å². The van der Waals surface area contributed by atoms with Crippen molar-refractivity contribution in [3.05, 3.63) is 400 Å². The van der Waals surface area contributed by atoms with Crippen molar-refractivity contribution in [2.24, 2.45) is 0 Å². The van der Waals surface area contributed by atoms with Crippen molar-refractivity contribution in [2.45, 2.75) is 0 Å². The molecule has 15 aromatic carbocycles. The fourth-order valence-electron chi connectivity index (χ4n) is 15.7. The molecule has 452 valence electrons. The molecule has 0 fully saturated rings. The molecular formula is C90H66BN3Si2. The van der Waals surface area contributed by atoms with Gasteiger partial charge in [-0.3, -0.25) is 0 Å². The molecule has 6 heteroatoms. The second kappa shape index (κ2) is 24.9. The van der Waals surface area contributed by atoms with E-state index in [2.05, 4.69) is 415 Å². The Morgan fingerprint density at radius 2 is 0.469 bits per heavy atom. The van der Waals surface area contributed by atoms with Gasteiger partial charge in [0.05, 0.1) is 5.69 Å². The van der Waals surface area contributed by atoms with Crippen molar-refractivity contribution >= 4 is 132 Å². The number of benzene rings is 15. The lowest BCUT2D eigenvalue weighted by molar-refractivity contribution is 1.23. The summed E-state index contributed by atoms with van der Waals surface area (Å²) >= 11 is 0. The van der Waals surface area contributed by atoms with Gasteiger partial charge in [0.1, 0.15) is 0 Å². The van der Waals surface area contributed by atoms with Crippen LogP contribution in [0.5, 0.6) is 0 Å². The van der Waals surface area contributed by atoms with E-state index in [1.807, 2.05) is 0 Å². The quantitative estimate of drug-likeness (QED) is 0.0748. The van der Waals surface area contributed by atoms with Crippen LogP contribution in [-0.2, 0) is 0 Å². The molecule has 15 aromatic rings. The molecule has 0 aromatic heterocycles. The van der Waals surface area contributed by atoms with Gasteiger partial charge in [-0.05, 0) is 153 Å². The van der Waals surface area contributed by atoms with E-state index < -0.39 is 16.1 Å². The molecule has 17 rings (SSSR count). The number of hydrogen-bond acceptors (Lipinski definition) is 3. The Morgan fingerprint density at radius 1 is 0.208 bits per heavy atom. The minimum Gasteiger partial charge on any atom is -0.311 e. The maximum Gasteiger partial charge on any atom is 0.252 e. The molecule has 96 heavy (non-hydrogen) atoms. The van der Waals surface area contributed by atoms with Crippen LogP contribution >= 0.6 is 0 Å². The number of hydrogen-bond donors (Lipinski definition) is 0. The first-order valence-corrected chi connectivity index (χ1v) is 37.3. The van der Waals surface area contributed by atoms with Crippen LogP contribution in [0, 0.1) is 0 Å². The van der Waals surface area contributed by atoms with Gasteiger partial charge in [0.25, 0.3) is 6.71 Å². The highest BCUT2D eigenvalue weighted by Gasteiger charge is 2.47. The van der Waals surface area contributed by atoms with Gasteiger partial charge in [0.2, 0.25) is 0 Å². The lowest BCUT2D eigenvalue weighted by Crippen LogP contribution is -2.74. The Balaban J connectivity index is 0.954. The third kappa shape index (κ3) is 9.88. The zero-order valence-electron chi connectivity index (χ0n) is 53.0. The van der Waals surface area contributed by atoms with Gasteiger partial charge < -0.3 is 14.7 Å². The molecular weight excluding hydrogens is 1190 g/mol. The van der Waals surface area contributed by atoms with Gasteiger partial charge in [0.15, 0.2) is 16.1 Å². The standard InChI is InChI=1S/C90H66BN3Si2/c1-11-31-67(32-12-1)69-51-61-86-84(63-69)91-85-64-70(68-33-13-2-14-34-68)52-62-87(85)94(74-55-59-83(60-56-74)96(79-45-25-8-26-46-79,80-47-27-9-28-48-80)81-49-29-10-30-50-81)89-66-75(92(71-35-15-3-16-36-71)72-37-17-4-18-38-72)65-88(90(89)91)93(86)73-53-57-82(58-54-73)95(76-39-19-5-20-40-76,77-41-21-6-22-42-77)78-43-23-7-24-44-78/h1-66H. The Kier molecular flexibility index (Phi) is 15.1. The summed E-state index contributed by atoms with van der Waals surface area (Å²) in [5.41, 5.74) is 18.3. The highest BCUT2D eigenvalue weighted by molar-refractivity contribution is 7.20. The number of anilines is 9. The van der Waals surface area contributed by atoms with Crippen molar-refractivity contribution in [2.75, 3.05) is 14.7 Å². The monoisotopic (exact) mass is 1260 g/mol. The van der Waals surface area contributed by atoms with Crippen LogP contribution in [0.3, 0.4) is 0 Å². The van der Waals surface area contributed by atoms with Crippen LogP contribution < -0.4 is 72.6 Å². The number of rotatable bonds is 15. The van der Waals surface area contributed by atoms with Gasteiger partial charge >= 0.3 is 0 Å². The SMILES string of the molecule is c1ccc(-c2ccc3c(c2)B2c4cc(-c5ccccc5)ccc4N(c4ccc([Si](c5ccccc5)(c5ccccc5)c5ccccc5)cc4)c4cc(N(c5ccccc5)c5ccccc5)cc(c42)N3c2ccc([Si](c3ccccc3)(c3ccccc3)c3ccccc3)cc2)cc1. The molecule has 0 saturated carbocycles. The largest absolute Gasteiger partial charge is 0.311 e. The number of nitrogens with zero attached hydrogens (tertiary/aromatic N) is 3. The fraction of sp³-hybridized carbons (Fsp3) is 0. The highest BCUT2D eigenvalue weighted by atomic mass is 28.3. The molecule has 0 spiro atoms. The van der Waals surface area contributed by atoms with Gasteiger partial charge in [-0.1, -0.05) is 328 Å². The summed E-state index contributed by atoms with van der Waals surface area (Å²) in [5, 5.41) is 10.7. The average molecular weight is 1260 g/mol. The van der Waals surface area contributed by atoms with Crippen LogP contribution in [-0.4, -0.2) is 22.9 Å². The minimum atomic E-state index is -2.90. The first-order valence-electron chi connectivity index (χ1n) is 33.3. The van der Waals surface area contributed by atoms with Crippen LogP contribution in [0.1, 0.15) is 0 Å². The molecule has 2 heterocycles. The lowest BCUT2D eigenvalue weighted by Gasteiger charge is -2.45. The van der Waals surface area contributed by atoms with E-state index >= 15 is 0 Å². The van der Waals surface area contributed by atoms with E-state index in [1.165, 1.54) is 80.1 Å². The van der Waals surface area contributed by atoms with Crippen LogP contribution in [0.4, 0.5) is 51.2 Å². The van der Waals surface area contributed by atoms with Crippen molar-refractivity contribution in [3.63, 3.8) is 0 Å². The molecule has 2 aliphatic heterocycles. The Hall–Kier alpha value is -11.8. The van der Waals surface area contributed by atoms with Gasteiger partial charge in [-0.25, -0.2) is 0 Å². The predicted octanol–water partition coefficient (Wildman–Crippen LogP) is 15.3. The van der Waals surface area contributed by atoms with E-state index in [1.54, 1.807) is 0 Å². The molecule has 2 aliphatic rings. The van der Waals surface area contributed by atoms with Crippen molar-refractivity contribution in [1.29, 1.82) is 0 Å². The topological polar surface area (TPSA) is 9.72 Å². The van der Waals surface area contributed by atoms with Crippen molar-refractivity contribution in [3.8, 4) is 22.3 Å². The summed E-state index contributed by atoms with van der Waals surface area (Å²) < 4.78 is 0. The number of para-hydroxylation sites is 2. The van der Waals surface area contributed by atoms with Crippen molar-refractivity contribution < 1.29 is 0 Å². The van der Waals surface area contributed by atoms with Gasteiger partial charge in [0, 0.05) is 45.5 Å². The normalized spacial score (nSPS) is 12.3. The van der Waals surface area contributed by atoms with E-state index in [0.29, 0.717) is 0 Å². The zero-order chi connectivity index (χ0) is 63.8. The summed E-state index contributed by atoms with van der Waals surface area (Å²) in [6.45, 7) is -0.182. The van der Waals surface area contributed by atoms with E-state index in [9.17, 15) is 0 Å². The third-order valence-electron chi connectivity index (χ3n) is 19.9. The molecule has 0 unspecified atom stereocenters.